The van der Waals surface area contributed by atoms with E-state index in [0.717, 1.165) is 17.3 Å². The molecule has 1 amide bonds. The molecule has 23 heavy (non-hydrogen) atoms. The molecule has 3 rings (SSSR count). The standard InChI is InChI=1S/C17H14N2O3S/c1-10-4-2-3-5-13(10)19-16(22)15(23-17(19)18)8-11-6-7-12(20)9-14(11)21/h2-9,18,20-21H,1H3/b15-8-,18-17?. The Labute approximate surface area is 137 Å². The van der Waals surface area contributed by atoms with E-state index in [-0.39, 0.29) is 22.6 Å². The number of rotatable bonds is 2. The zero-order valence-corrected chi connectivity index (χ0v) is 13.1. The minimum absolute atomic E-state index is 0.0515. The normalized spacial score (nSPS) is 16.4. The van der Waals surface area contributed by atoms with Gasteiger partial charge >= 0.3 is 0 Å². The average Bonchev–Trinajstić information content (AvgIpc) is 2.77. The lowest BCUT2D eigenvalue weighted by Crippen LogP contribution is -2.28. The van der Waals surface area contributed by atoms with E-state index in [4.69, 9.17) is 5.41 Å². The molecule has 116 valence electrons. The molecule has 0 spiro atoms. The number of nitrogens with zero attached hydrogens (tertiary/aromatic N) is 1. The molecule has 0 aliphatic carbocycles. The summed E-state index contributed by atoms with van der Waals surface area (Å²) in [5.74, 6) is -0.474. The van der Waals surface area contributed by atoms with Crippen LogP contribution in [0.2, 0.25) is 0 Å². The van der Waals surface area contributed by atoms with Crippen molar-refractivity contribution in [3.8, 4) is 11.5 Å². The maximum Gasteiger partial charge on any atom is 0.271 e. The molecule has 0 radical (unpaired) electrons. The Morgan fingerprint density at radius 1 is 1.17 bits per heavy atom. The number of aromatic hydroxyl groups is 2. The van der Waals surface area contributed by atoms with Gasteiger partial charge in [-0.05, 0) is 48.5 Å². The van der Waals surface area contributed by atoms with Gasteiger partial charge in [0.05, 0.1) is 10.6 Å². The number of hydrogen-bond donors (Lipinski definition) is 3. The Kier molecular flexibility index (Phi) is 3.83. The molecule has 1 aliphatic heterocycles. The maximum absolute atomic E-state index is 12.6. The molecule has 3 N–H and O–H groups in total. The van der Waals surface area contributed by atoms with Gasteiger partial charge in [0.25, 0.3) is 5.91 Å². The van der Waals surface area contributed by atoms with Crippen LogP contribution in [0.4, 0.5) is 5.69 Å². The van der Waals surface area contributed by atoms with Crippen LogP contribution in [-0.2, 0) is 4.79 Å². The highest BCUT2D eigenvalue weighted by Crippen LogP contribution is 2.37. The third-order valence-corrected chi connectivity index (χ3v) is 4.37. The van der Waals surface area contributed by atoms with Crippen molar-refractivity contribution < 1.29 is 15.0 Å². The van der Waals surface area contributed by atoms with E-state index < -0.39 is 0 Å². The zero-order valence-electron chi connectivity index (χ0n) is 12.3. The van der Waals surface area contributed by atoms with Crippen molar-refractivity contribution in [3.05, 3.63) is 58.5 Å². The summed E-state index contributed by atoms with van der Waals surface area (Å²) in [6.45, 7) is 1.88. The first-order valence-electron chi connectivity index (χ1n) is 6.87. The lowest BCUT2D eigenvalue weighted by molar-refractivity contribution is -0.113. The summed E-state index contributed by atoms with van der Waals surface area (Å²) in [4.78, 5) is 14.3. The molecule has 0 atom stereocenters. The number of anilines is 1. The molecule has 0 unspecified atom stereocenters. The van der Waals surface area contributed by atoms with Gasteiger partial charge in [0.1, 0.15) is 11.5 Å². The van der Waals surface area contributed by atoms with Gasteiger partial charge in [0.15, 0.2) is 5.17 Å². The van der Waals surface area contributed by atoms with Gasteiger partial charge in [0, 0.05) is 11.6 Å². The van der Waals surface area contributed by atoms with Crippen LogP contribution in [0, 0.1) is 12.3 Å². The number of nitrogens with one attached hydrogen (secondary N) is 1. The second-order valence-corrected chi connectivity index (χ2v) is 6.12. The number of benzene rings is 2. The fourth-order valence-corrected chi connectivity index (χ4v) is 3.16. The molecule has 1 heterocycles. The first kappa shape index (κ1) is 15.2. The maximum atomic E-state index is 12.6. The van der Waals surface area contributed by atoms with Gasteiger partial charge in [-0.2, -0.15) is 0 Å². The lowest BCUT2D eigenvalue weighted by atomic mass is 10.1. The number of carbonyl (C=O) groups is 1. The Balaban J connectivity index is 1.98. The molecule has 2 aromatic carbocycles. The minimum Gasteiger partial charge on any atom is -0.508 e. The molecular formula is C17H14N2O3S. The summed E-state index contributed by atoms with van der Waals surface area (Å²) in [5.41, 5.74) is 1.99. The zero-order chi connectivity index (χ0) is 16.6. The number of carbonyl (C=O) groups excluding carboxylic acids is 1. The van der Waals surface area contributed by atoms with Crippen molar-refractivity contribution in [1.82, 2.24) is 0 Å². The quantitative estimate of drug-likeness (QED) is 0.738. The molecular weight excluding hydrogens is 312 g/mol. The summed E-state index contributed by atoms with van der Waals surface area (Å²) >= 11 is 1.04. The van der Waals surface area contributed by atoms with E-state index >= 15 is 0 Å². The molecule has 0 saturated carbocycles. The Morgan fingerprint density at radius 3 is 2.61 bits per heavy atom. The van der Waals surface area contributed by atoms with Gasteiger partial charge in [-0.3, -0.25) is 15.1 Å². The van der Waals surface area contributed by atoms with Crippen LogP contribution in [-0.4, -0.2) is 21.3 Å². The van der Waals surface area contributed by atoms with Crippen LogP contribution < -0.4 is 4.90 Å². The fourth-order valence-electron chi connectivity index (χ4n) is 2.32. The molecule has 1 saturated heterocycles. The third kappa shape index (κ3) is 2.80. The van der Waals surface area contributed by atoms with E-state index in [1.54, 1.807) is 6.07 Å². The average molecular weight is 326 g/mol. The number of aryl methyl sites for hydroxylation is 1. The fraction of sp³-hybridized carbons (Fsp3) is 0.0588. The number of hydrogen-bond acceptors (Lipinski definition) is 5. The highest BCUT2D eigenvalue weighted by molar-refractivity contribution is 8.19. The van der Waals surface area contributed by atoms with Crippen LogP contribution in [0.25, 0.3) is 6.08 Å². The molecule has 5 nitrogen and oxygen atoms in total. The Bertz CT molecular complexity index is 845. The van der Waals surface area contributed by atoms with E-state index in [9.17, 15) is 15.0 Å². The molecule has 1 aliphatic rings. The number of thioether (sulfide) groups is 1. The van der Waals surface area contributed by atoms with Crippen LogP contribution in [0.1, 0.15) is 11.1 Å². The van der Waals surface area contributed by atoms with Crippen LogP contribution in [0.3, 0.4) is 0 Å². The van der Waals surface area contributed by atoms with Crippen molar-refractivity contribution in [3.63, 3.8) is 0 Å². The van der Waals surface area contributed by atoms with Gasteiger partial charge in [-0.1, -0.05) is 18.2 Å². The highest BCUT2D eigenvalue weighted by Gasteiger charge is 2.34. The largest absolute Gasteiger partial charge is 0.508 e. The van der Waals surface area contributed by atoms with E-state index in [2.05, 4.69) is 0 Å². The molecule has 6 heteroatoms. The van der Waals surface area contributed by atoms with Crippen molar-refractivity contribution in [2.24, 2.45) is 0 Å². The smallest absolute Gasteiger partial charge is 0.271 e. The summed E-state index contributed by atoms with van der Waals surface area (Å²) in [7, 11) is 0. The lowest BCUT2D eigenvalue weighted by Gasteiger charge is -2.16. The number of para-hydroxylation sites is 1. The van der Waals surface area contributed by atoms with Gasteiger partial charge < -0.3 is 10.2 Å². The predicted molar refractivity (Wildman–Crippen MR) is 91.7 cm³/mol. The topological polar surface area (TPSA) is 84.6 Å². The molecule has 0 aromatic heterocycles. The predicted octanol–water partition coefficient (Wildman–Crippen LogP) is 3.46. The van der Waals surface area contributed by atoms with Gasteiger partial charge in [-0.25, -0.2) is 0 Å². The summed E-state index contributed by atoms with van der Waals surface area (Å²) in [6.07, 6.45) is 1.52. The van der Waals surface area contributed by atoms with Crippen molar-refractivity contribution in [2.45, 2.75) is 6.92 Å². The third-order valence-electron chi connectivity index (χ3n) is 3.48. The minimum atomic E-state index is -0.304. The highest BCUT2D eigenvalue weighted by atomic mass is 32.2. The SMILES string of the molecule is Cc1ccccc1N1C(=N)S/C(=C\c2ccc(O)cc2O)C1=O. The van der Waals surface area contributed by atoms with Crippen LogP contribution in [0.5, 0.6) is 11.5 Å². The second kappa shape index (κ2) is 5.81. The number of phenolic OH excluding ortho intramolecular Hbond substituents is 2. The monoisotopic (exact) mass is 326 g/mol. The first-order valence-corrected chi connectivity index (χ1v) is 7.69. The van der Waals surface area contributed by atoms with Crippen molar-refractivity contribution in [2.75, 3.05) is 4.90 Å². The first-order chi connectivity index (χ1) is 11.0. The Morgan fingerprint density at radius 2 is 1.91 bits per heavy atom. The van der Waals surface area contributed by atoms with Crippen molar-refractivity contribution >= 4 is 34.6 Å². The summed E-state index contributed by atoms with van der Waals surface area (Å²) in [5, 5.41) is 27.4. The van der Waals surface area contributed by atoms with Gasteiger partial charge in [0.2, 0.25) is 0 Å². The van der Waals surface area contributed by atoms with Gasteiger partial charge in [-0.15, -0.1) is 0 Å². The second-order valence-electron chi connectivity index (χ2n) is 5.09. The summed E-state index contributed by atoms with van der Waals surface area (Å²) < 4.78 is 0. The van der Waals surface area contributed by atoms with Crippen LogP contribution >= 0.6 is 11.8 Å². The number of amidine groups is 1. The van der Waals surface area contributed by atoms with E-state index in [0.29, 0.717) is 16.2 Å². The molecule has 0 bridgehead atoms. The summed E-state index contributed by atoms with van der Waals surface area (Å²) in [6, 6.07) is 11.5. The number of amides is 1. The van der Waals surface area contributed by atoms with E-state index in [1.165, 1.54) is 29.2 Å². The molecule has 1 fully saturated rings. The van der Waals surface area contributed by atoms with Crippen molar-refractivity contribution in [1.29, 1.82) is 5.41 Å². The Hall–Kier alpha value is -2.73. The van der Waals surface area contributed by atoms with Crippen LogP contribution in [0.15, 0.2) is 47.4 Å². The molecule has 2 aromatic rings. The van der Waals surface area contributed by atoms with E-state index in [1.807, 2.05) is 25.1 Å². The number of phenols is 2.